The Morgan fingerprint density at radius 2 is 2.50 bits per heavy atom. The van der Waals surface area contributed by atoms with E-state index in [9.17, 15) is 4.39 Å². The van der Waals surface area contributed by atoms with Crippen LogP contribution in [0.25, 0.3) is 0 Å². The number of methoxy groups -OCH3 is 1. The monoisotopic (exact) mass is 143 g/mol. The van der Waals surface area contributed by atoms with Gasteiger partial charge in [-0.15, -0.1) is 0 Å². The molecule has 1 aromatic rings. The number of aryl methyl sites for hydroxylation is 1. The molecule has 0 amide bonds. The van der Waals surface area contributed by atoms with Gasteiger partial charge in [0.05, 0.1) is 7.11 Å². The first-order chi connectivity index (χ1) is 4.79. The fourth-order valence-corrected chi connectivity index (χ4v) is 0.652. The summed E-state index contributed by atoms with van der Waals surface area (Å²) in [7, 11) is 1.39. The highest BCUT2D eigenvalue weighted by molar-refractivity contribution is 5.12. The summed E-state index contributed by atoms with van der Waals surface area (Å²) in [4.78, 5) is 0. The lowest BCUT2D eigenvalue weighted by Gasteiger charge is -1.95. The molecule has 55 valence electrons. The first kappa shape index (κ1) is 7.05. The quantitative estimate of drug-likeness (QED) is 0.613. The third-order valence-electron chi connectivity index (χ3n) is 1.19. The summed E-state index contributed by atoms with van der Waals surface area (Å²) in [5.41, 5.74) is 0. The molecule has 1 radical (unpaired) electrons. The number of ether oxygens (including phenoxy) is 1. The van der Waals surface area contributed by atoms with E-state index in [1.54, 1.807) is 6.92 Å². The minimum atomic E-state index is -0.468. The van der Waals surface area contributed by atoms with Crippen molar-refractivity contribution in [2.75, 3.05) is 7.11 Å². The average molecular weight is 143 g/mol. The normalized spacial score (nSPS) is 9.90. The van der Waals surface area contributed by atoms with Crippen molar-refractivity contribution in [2.45, 2.75) is 13.5 Å². The molecule has 4 heteroatoms. The number of halogens is 1. The first-order valence-electron chi connectivity index (χ1n) is 2.97. The van der Waals surface area contributed by atoms with Crippen LogP contribution in [0.5, 0.6) is 5.75 Å². The van der Waals surface area contributed by atoms with Gasteiger partial charge in [0.15, 0.2) is 6.20 Å². The number of nitrogens with zero attached hydrogens (tertiary/aromatic N) is 2. The Kier molecular flexibility index (Phi) is 1.89. The molecule has 0 bridgehead atoms. The molecule has 0 unspecified atom stereocenters. The van der Waals surface area contributed by atoms with Crippen LogP contribution in [-0.2, 0) is 6.54 Å². The van der Waals surface area contributed by atoms with Crippen molar-refractivity contribution in [3.63, 3.8) is 0 Å². The maximum absolute atomic E-state index is 12.8. The van der Waals surface area contributed by atoms with E-state index in [4.69, 9.17) is 0 Å². The molecule has 0 aliphatic rings. The largest absolute Gasteiger partial charge is 0.490 e. The lowest BCUT2D eigenvalue weighted by atomic mass is 10.6. The van der Waals surface area contributed by atoms with Gasteiger partial charge in [-0.05, 0) is 6.92 Å². The second-order valence-corrected chi connectivity index (χ2v) is 1.75. The zero-order chi connectivity index (χ0) is 7.56. The molecule has 1 heterocycles. The van der Waals surface area contributed by atoms with Crippen LogP contribution in [0.3, 0.4) is 0 Å². The highest BCUT2D eigenvalue weighted by atomic mass is 19.1. The van der Waals surface area contributed by atoms with Crippen molar-refractivity contribution in [1.82, 2.24) is 9.78 Å². The lowest BCUT2D eigenvalue weighted by molar-refractivity contribution is 0.368. The molecule has 1 aromatic heterocycles. The molecule has 0 aliphatic heterocycles. The van der Waals surface area contributed by atoms with Crippen LogP contribution in [0.2, 0.25) is 0 Å². The summed E-state index contributed by atoms with van der Waals surface area (Å²) in [6.07, 6.45) is 2.39. The molecule has 0 N–H and O–H groups in total. The fourth-order valence-electron chi connectivity index (χ4n) is 0.652. The van der Waals surface area contributed by atoms with Crippen LogP contribution in [0, 0.1) is 12.1 Å². The van der Waals surface area contributed by atoms with E-state index in [2.05, 4.69) is 16.0 Å². The highest BCUT2D eigenvalue weighted by Crippen LogP contribution is 2.12. The summed E-state index contributed by atoms with van der Waals surface area (Å²) >= 11 is 0. The first-order valence-corrected chi connectivity index (χ1v) is 2.97. The molecule has 0 saturated carbocycles. The summed E-state index contributed by atoms with van der Waals surface area (Å²) in [6.45, 7) is 2.29. The lowest BCUT2D eigenvalue weighted by Crippen LogP contribution is -1.99. The molecule has 0 atom stereocenters. The number of aromatic nitrogens is 2. The number of rotatable bonds is 2. The third-order valence-corrected chi connectivity index (χ3v) is 1.19. The van der Waals surface area contributed by atoms with Crippen molar-refractivity contribution < 1.29 is 9.13 Å². The van der Waals surface area contributed by atoms with Gasteiger partial charge in [0.1, 0.15) is 0 Å². The molecule has 0 aromatic carbocycles. The predicted molar refractivity (Wildman–Crippen MR) is 33.2 cm³/mol. The number of hydrogen-bond acceptors (Lipinski definition) is 2. The van der Waals surface area contributed by atoms with Gasteiger partial charge >= 0.3 is 0 Å². The zero-order valence-corrected chi connectivity index (χ0v) is 5.89. The summed E-state index contributed by atoms with van der Waals surface area (Å²) in [5, 5.41) is 3.60. The highest BCUT2D eigenvalue weighted by Gasteiger charge is 2.08. The minimum Gasteiger partial charge on any atom is -0.490 e. The topological polar surface area (TPSA) is 27.1 Å². The zero-order valence-electron chi connectivity index (χ0n) is 5.89. The van der Waals surface area contributed by atoms with E-state index in [1.807, 2.05) is 0 Å². The van der Waals surface area contributed by atoms with Crippen molar-refractivity contribution in [1.29, 1.82) is 0 Å². The molecule has 3 nitrogen and oxygen atoms in total. The standard InChI is InChI=1S/C6H8FN2O/c1-3-9-6(7)5(10-2)4-8-9/h3H2,1-2H3. The fraction of sp³-hybridized carbons (Fsp3) is 0.500. The van der Waals surface area contributed by atoms with Gasteiger partial charge in [-0.1, -0.05) is 0 Å². The van der Waals surface area contributed by atoms with E-state index >= 15 is 0 Å². The van der Waals surface area contributed by atoms with Gasteiger partial charge in [0, 0.05) is 6.54 Å². The van der Waals surface area contributed by atoms with Crippen LogP contribution in [-0.4, -0.2) is 16.9 Å². The van der Waals surface area contributed by atoms with Gasteiger partial charge in [-0.3, -0.25) is 0 Å². The molecular weight excluding hydrogens is 135 g/mol. The summed E-state index contributed by atoms with van der Waals surface area (Å²) in [5.74, 6) is -0.396. The SMILES string of the molecule is CCn1n[c]c(OC)c1F. The molecule has 10 heavy (non-hydrogen) atoms. The Hall–Kier alpha value is -1.06. The van der Waals surface area contributed by atoms with Crippen molar-refractivity contribution >= 4 is 0 Å². The van der Waals surface area contributed by atoms with E-state index in [0.29, 0.717) is 6.54 Å². The minimum absolute atomic E-state index is 0.0712. The van der Waals surface area contributed by atoms with Gasteiger partial charge in [0.25, 0.3) is 5.95 Å². The summed E-state index contributed by atoms with van der Waals surface area (Å²) in [6, 6.07) is 0. The van der Waals surface area contributed by atoms with E-state index in [-0.39, 0.29) is 5.75 Å². The van der Waals surface area contributed by atoms with Crippen LogP contribution >= 0.6 is 0 Å². The Labute approximate surface area is 58.4 Å². The van der Waals surface area contributed by atoms with Crippen molar-refractivity contribution in [3.8, 4) is 5.75 Å². The molecule has 0 fully saturated rings. The molecule has 0 spiro atoms. The molecule has 0 aliphatic carbocycles. The van der Waals surface area contributed by atoms with Gasteiger partial charge < -0.3 is 4.74 Å². The molecular formula is C6H8FN2O. The molecule has 0 saturated heterocycles. The maximum atomic E-state index is 12.8. The van der Waals surface area contributed by atoms with Crippen LogP contribution in [0.15, 0.2) is 0 Å². The summed E-state index contributed by atoms with van der Waals surface area (Å²) < 4.78 is 18.6. The Morgan fingerprint density at radius 3 is 2.80 bits per heavy atom. The van der Waals surface area contributed by atoms with E-state index in [1.165, 1.54) is 11.8 Å². The Bertz CT molecular complexity index is 200. The van der Waals surface area contributed by atoms with Crippen LogP contribution in [0.4, 0.5) is 4.39 Å². The smallest absolute Gasteiger partial charge is 0.254 e. The van der Waals surface area contributed by atoms with Gasteiger partial charge in [-0.2, -0.15) is 9.49 Å². The van der Waals surface area contributed by atoms with E-state index < -0.39 is 5.95 Å². The van der Waals surface area contributed by atoms with Crippen LogP contribution in [0.1, 0.15) is 6.92 Å². The van der Waals surface area contributed by atoms with Crippen molar-refractivity contribution in [2.24, 2.45) is 0 Å². The van der Waals surface area contributed by atoms with Crippen molar-refractivity contribution in [3.05, 3.63) is 12.1 Å². The average Bonchev–Trinajstić information content (AvgIpc) is 2.30. The van der Waals surface area contributed by atoms with E-state index in [0.717, 1.165) is 0 Å². The van der Waals surface area contributed by atoms with Crippen LogP contribution < -0.4 is 4.74 Å². The van der Waals surface area contributed by atoms with Gasteiger partial charge in [0.2, 0.25) is 5.75 Å². The maximum Gasteiger partial charge on any atom is 0.254 e. The van der Waals surface area contributed by atoms with Gasteiger partial charge in [-0.25, -0.2) is 4.68 Å². The predicted octanol–water partition coefficient (Wildman–Crippen LogP) is 0.851. The number of hydrogen-bond donors (Lipinski definition) is 0. The Balaban J connectivity index is 2.97. The third kappa shape index (κ3) is 0.964. The Morgan fingerprint density at radius 1 is 1.80 bits per heavy atom. The second kappa shape index (κ2) is 2.68. The second-order valence-electron chi connectivity index (χ2n) is 1.75. The molecule has 1 rings (SSSR count).